The van der Waals surface area contributed by atoms with Crippen LogP contribution in [0.1, 0.15) is 28.8 Å². The van der Waals surface area contributed by atoms with Gasteiger partial charge < -0.3 is 19.9 Å². The van der Waals surface area contributed by atoms with E-state index in [2.05, 4.69) is 5.32 Å². The van der Waals surface area contributed by atoms with Crippen LogP contribution in [-0.2, 0) is 28.8 Å². The zero-order valence-corrected chi connectivity index (χ0v) is 21.2. The second-order valence-electron chi connectivity index (χ2n) is 8.98. The highest BCUT2D eigenvalue weighted by Gasteiger charge is 2.30. The molecule has 6 nitrogen and oxygen atoms in total. The van der Waals surface area contributed by atoms with Crippen molar-refractivity contribution >= 4 is 29.0 Å². The number of hydrogen-bond acceptors (Lipinski definition) is 4. The Kier molecular flexibility index (Phi) is 9.01. The molecule has 1 aliphatic rings. The first-order chi connectivity index (χ1) is 18.2. The lowest BCUT2D eigenvalue weighted by molar-refractivity contribution is -0.137. The summed E-state index contributed by atoms with van der Waals surface area (Å²) in [5, 5.41) is 4.49. The van der Waals surface area contributed by atoms with Crippen molar-refractivity contribution in [2.24, 2.45) is 0 Å². The van der Waals surface area contributed by atoms with Crippen LogP contribution in [0.5, 0.6) is 0 Å². The van der Waals surface area contributed by atoms with E-state index in [-0.39, 0.29) is 43.2 Å². The highest BCUT2D eigenvalue weighted by Crippen LogP contribution is 2.30. The van der Waals surface area contributed by atoms with Crippen LogP contribution in [0.2, 0.25) is 0 Å². The number of carbonyl (C=O) groups excluding carboxylic acids is 2. The summed E-state index contributed by atoms with van der Waals surface area (Å²) in [6.07, 6.45) is -3.17. The molecule has 11 heteroatoms. The van der Waals surface area contributed by atoms with Gasteiger partial charge in [-0.05, 0) is 66.2 Å². The largest absolute Gasteiger partial charge is 0.416 e. The molecule has 1 atom stereocenters. The smallest absolute Gasteiger partial charge is 0.376 e. The normalized spacial score (nSPS) is 15.3. The summed E-state index contributed by atoms with van der Waals surface area (Å²) in [7, 11) is 0. The molecule has 1 aromatic heterocycles. The molecule has 1 fully saturated rings. The fourth-order valence-electron chi connectivity index (χ4n) is 4.09. The molecule has 3 amide bonds. The van der Waals surface area contributed by atoms with Gasteiger partial charge >= 0.3 is 12.2 Å². The molecule has 2 aromatic carbocycles. The number of thiophene rings is 1. The summed E-state index contributed by atoms with van der Waals surface area (Å²) in [5.74, 6) is -0.712. The van der Waals surface area contributed by atoms with Crippen LogP contribution in [0.4, 0.5) is 28.0 Å². The van der Waals surface area contributed by atoms with E-state index in [0.29, 0.717) is 13.2 Å². The second kappa shape index (κ2) is 12.4. The third-order valence-electron chi connectivity index (χ3n) is 6.09. The van der Waals surface area contributed by atoms with E-state index in [1.165, 1.54) is 40.5 Å². The third kappa shape index (κ3) is 7.78. The lowest BCUT2D eigenvalue weighted by Crippen LogP contribution is -2.46. The summed E-state index contributed by atoms with van der Waals surface area (Å²) in [4.78, 5) is 30.5. The van der Waals surface area contributed by atoms with E-state index in [1.54, 1.807) is 17.0 Å². The molecule has 202 valence electrons. The van der Waals surface area contributed by atoms with Crippen LogP contribution in [0.25, 0.3) is 0 Å². The Morgan fingerprint density at radius 3 is 2.34 bits per heavy atom. The molecule has 0 spiro atoms. The van der Waals surface area contributed by atoms with Crippen LogP contribution in [0.15, 0.2) is 66.0 Å². The van der Waals surface area contributed by atoms with Crippen molar-refractivity contribution < 1.29 is 31.9 Å². The van der Waals surface area contributed by atoms with Gasteiger partial charge in [0.25, 0.3) is 0 Å². The Bertz CT molecular complexity index is 1200. The zero-order valence-electron chi connectivity index (χ0n) is 20.4. The van der Waals surface area contributed by atoms with Crippen molar-refractivity contribution in [1.29, 1.82) is 0 Å². The summed E-state index contributed by atoms with van der Waals surface area (Å²) in [6.45, 7) is 0.968. The van der Waals surface area contributed by atoms with Crippen LogP contribution >= 0.6 is 11.3 Å². The van der Waals surface area contributed by atoms with Crippen molar-refractivity contribution in [3.05, 3.63) is 87.9 Å². The molecule has 4 rings (SSSR count). The molecule has 0 bridgehead atoms. The molecule has 38 heavy (non-hydrogen) atoms. The molecule has 1 saturated heterocycles. The molecular formula is C27H27F4N3O3S. The number of carbonyl (C=O) groups is 2. The summed E-state index contributed by atoms with van der Waals surface area (Å²) < 4.78 is 57.8. The number of nitrogens with one attached hydrogen (secondary N) is 1. The predicted octanol–water partition coefficient (Wildman–Crippen LogP) is 6.15. The Hall–Kier alpha value is -3.44. The van der Waals surface area contributed by atoms with Gasteiger partial charge in [-0.2, -0.15) is 13.2 Å². The van der Waals surface area contributed by atoms with Crippen molar-refractivity contribution in [3.63, 3.8) is 0 Å². The first kappa shape index (κ1) is 27.6. The minimum Gasteiger partial charge on any atom is -0.376 e. The second-order valence-corrected chi connectivity index (χ2v) is 10.0. The molecule has 1 unspecified atom stereocenters. The summed E-state index contributed by atoms with van der Waals surface area (Å²) in [5.41, 5.74) is 0.0811. The number of halogens is 4. The van der Waals surface area contributed by atoms with Crippen LogP contribution in [-0.4, -0.2) is 47.5 Å². The topological polar surface area (TPSA) is 61.9 Å². The average Bonchev–Trinajstić information content (AvgIpc) is 3.59. The maximum atomic E-state index is 13.5. The molecule has 1 N–H and O–H groups in total. The zero-order chi connectivity index (χ0) is 27.1. The lowest BCUT2D eigenvalue weighted by Gasteiger charge is -2.29. The number of nitrogens with zero attached hydrogens (tertiary/aromatic N) is 2. The van der Waals surface area contributed by atoms with E-state index in [9.17, 15) is 27.2 Å². The Morgan fingerprint density at radius 2 is 1.74 bits per heavy atom. The Balaban J connectivity index is 1.50. The number of rotatable bonds is 9. The van der Waals surface area contributed by atoms with Gasteiger partial charge in [-0.3, -0.25) is 4.79 Å². The van der Waals surface area contributed by atoms with Crippen molar-refractivity contribution in [2.45, 2.75) is 38.2 Å². The number of ether oxygens (including phenoxy) is 1. The third-order valence-corrected chi connectivity index (χ3v) is 6.95. The first-order valence-electron chi connectivity index (χ1n) is 12.1. The van der Waals surface area contributed by atoms with E-state index in [0.717, 1.165) is 35.4 Å². The number of anilines is 1. The Labute approximate surface area is 221 Å². The molecule has 0 radical (unpaired) electrons. The van der Waals surface area contributed by atoms with E-state index >= 15 is 0 Å². The van der Waals surface area contributed by atoms with E-state index < -0.39 is 17.8 Å². The van der Waals surface area contributed by atoms with Gasteiger partial charge in [0.2, 0.25) is 5.91 Å². The maximum absolute atomic E-state index is 13.5. The van der Waals surface area contributed by atoms with Gasteiger partial charge in [-0.15, -0.1) is 11.3 Å². The molecule has 0 aliphatic carbocycles. The predicted molar refractivity (Wildman–Crippen MR) is 136 cm³/mol. The van der Waals surface area contributed by atoms with Crippen LogP contribution < -0.4 is 5.32 Å². The van der Waals surface area contributed by atoms with Crippen molar-refractivity contribution in [3.8, 4) is 0 Å². The van der Waals surface area contributed by atoms with Crippen molar-refractivity contribution in [1.82, 2.24) is 9.80 Å². The van der Waals surface area contributed by atoms with Crippen LogP contribution in [0.3, 0.4) is 0 Å². The Morgan fingerprint density at radius 1 is 1.00 bits per heavy atom. The minimum absolute atomic E-state index is 0.154. The minimum atomic E-state index is -4.49. The molecule has 3 aromatic rings. The van der Waals surface area contributed by atoms with E-state index in [4.69, 9.17) is 4.74 Å². The standard InChI is InChI=1S/C27H27F4N3O3S/c28-21-9-5-19(6-10-21)15-33(17-24-4-2-14-38-24)25(35)18-34(16-23-3-1-13-37-23)26(36)32-22-11-7-20(8-12-22)27(29,30)31/h2,4-12,14,23H,1,3,13,15-18H2,(H,32,36). The van der Waals surface area contributed by atoms with Gasteiger partial charge in [-0.25, -0.2) is 9.18 Å². The maximum Gasteiger partial charge on any atom is 0.416 e. The van der Waals surface area contributed by atoms with Gasteiger partial charge in [0.15, 0.2) is 0 Å². The number of amides is 3. The van der Waals surface area contributed by atoms with Gasteiger partial charge in [0.05, 0.1) is 18.2 Å². The van der Waals surface area contributed by atoms with E-state index in [1.807, 2.05) is 17.5 Å². The first-order valence-corrected chi connectivity index (χ1v) is 12.9. The highest BCUT2D eigenvalue weighted by molar-refractivity contribution is 7.09. The summed E-state index contributed by atoms with van der Waals surface area (Å²) >= 11 is 1.49. The number of urea groups is 1. The molecule has 0 saturated carbocycles. The fourth-order valence-corrected chi connectivity index (χ4v) is 4.81. The fraction of sp³-hybridized carbons (Fsp3) is 0.333. The average molecular weight is 550 g/mol. The van der Waals surface area contributed by atoms with Gasteiger partial charge in [-0.1, -0.05) is 18.2 Å². The van der Waals surface area contributed by atoms with Crippen molar-refractivity contribution in [2.75, 3.05) is 25.0 Å². The molecule has 2 heterocycles. The number of alkyl halides is 3. The molecule has 1 aliphatic heterocycles. The highest BCUT2D eigenvalue weighted by atomic mass is 32.1. The van der Waals surface area contributed by atoms with Crippen LogP contribution in [0, 0.1) is 5.82 Å². The van der Waals surface area contributed by atoms with Gasteiger partial charge in [0.1, 0.15) is 12.4 Å². The molecular weight excluding hydrogens is 522 g/mol. The monoisotopic (exact) mass is 549 g/mol. The lowest BCUT2D eigenvalue weighted by atomic mass is 10.2. The summed E-state index contributed by atoms with van der Waals surface area (Å²) in [6, 6.07) is 13.1. The SMILES string of the molecule is O=C(CN(CC1CCCO1)C(=O)Nc1ccc(C(F)(F)F)cc1)N(Cc1ccc(F)cc1)Cc1cccs1. The van der Waals surface area contributed by atoms with Gasteiger partial charge in [0, 0.05) is 30.3 Å². The number of benzene rings is 2. The quantitative estimate of drug-likeness (QED) is 0.326. The number of hydrogen-bond donors (Lipinski definition) is 1.